The van der Waals surface area contributed by atoms with Crippen molar-refractivity contribution in [1.82, 2.24) is 25.1 Å². The number of nitrogens with one attached hydrogen (secondary N) is 2. The Bertz CT molecular complexity index is 1470. The molecule has 1 unspecified atom stereocenters. The third-order valence-corrected chi connectivity index (χ3v) is 7.03. The van der Waals surface area contributed by atoms with Crippen molar-refractivity contribution in [3.05, 3.63) is 90.2 Å². The zero-order chi connectivity index (χ0) is 24.3. The van der Waals surface area contributed by atoms with Crippen LogP contribution in [-0.2, 0) is 4.79 Å². The van der Waals surface area contributed by atoms with Crippen LogP contribution in [0.2, 0.25) is 0 Å². The number of amides is 1. The Kier molecular flexibility index (Phi) is 7.45. The number of carbonyl (C=O) groups excluding carboxylic acids is 1. The fraction of sp³-hybridized carbons (Fsp3) is 0.185. The molecule has 8 nitrogen and oxygen atoms in total. The van der Waals surface area contributed by atoms with Gasteiger partial charge < -0.3 is 10.2 Å². The fourth-order valence-corrected chi connectivity index (χ4v) is 5.04. The van der Waals surface area contributed by atoms with Crippen LogP contribution in [0, 0.1) is 0 Å². The van der Waals surface area contributed by atoms with Crippen LogP contribution in [0.5, 0.6) is 0 Å². The molecule has 6 rings (SSSR count). The highest BCUT2D eigenvalue weighted by Gasteiger charge is 2.25. The van der Waals surface area contributed by atoms with Crippen molar-refractivity contribution < 1.29 is 4.79 Å². The summed E-state index contributed by atoms with van der Waals surface area (Å²) in [5.74, 6) is 0.819. The summed E-state index contributed by atoms with van der Waals surface area (Å²) in [7, 11) is 0. The van der Waals surface area contributed by atoms with E-state index in [-0.39, 0.29) is 18.3 Å². The first-order valence-corrected chi connectivity index (χ1v) is 12.8. The van der Waals surface area contributed by atoms with E-state index in [1.165, 1.54) is 11.3 Å². The number of hydrogen-bond donors (Lipinski definition) is 2. The second-order valence-corrected chi connectivity index (χ2v) is 9.56. The first-order chi connectivity index (χ1) is 17.7. The predicted molar refractivity (Wildman–Crippen MR) is 151 cm³/mol. The highest BCUT2D eigenvalue weighted by molar-refractivity contribution is 7.13. The van der Waals surface area contributed by atoms with Gasteiger partial charge in [-0.15, -0.1) is 23.7 Å². The van der Waals surface area contributed by atoms with Gasteiger partial charge in [0.1, 0.15) is 5.82 Å². The summed E-state index contributed by atoms with van der Waals surface area (Å²) >= 11 is 1.39. The minimum atomic E-state index is -0.620. The molecular formula is C27H26ClN7OS. The van der Waals surface area contributed by atoms with E-state index in [2.05, 4.69) is 38.7 Å². The van der Waals surface area contributed by atoms with E-state index in [0.717, 1.165) is 59.6 Å². The van der Waals surface area contributed by atoms with Gasteiger partial charge in [0.25, 0.3) is 5.91 Å². The Morgan fingerprint density at radius 3 is 2.54 bits per heavy atom. The highest BCUT2D eigenvalue weighted by atomic mass is 35.5. The largest absolute Gasteiger partial charge is 0.354 e. The van der Waals surface area contributed by atoms with E-state index in [1.54, 1.807) is 10.9 Å². The molecule has 2 N–H and O–H groups in total. The molecule has 10 heteroatoms. The summed E-state index contributed by atoms with van der Waals surface area (Å²) in [6.45, 7) is 3.89. The molecule has 1 amide bonds. The lowest BCUT2D eigenvalue weighted by atomic mass is 10.1. The van der Waals surface area contributed by atoms with Crippen LogP contribution in [0.15, 0.2) is 84.6 Å². The van der Waals surface area contributed by atoms with Gasteiger partial charge in [-0.2, -0.15) is 5.10 Å². The molecule has 0 saturated carbocycles. The molecule has 2 aromatic carbocycles. The molecule has 3 aromatic heterocycles. The number of benzene rings is 2. The van der Waals surface area contributed by atoms with Gasteiger partial charge in [0, 0.05) is 61.1 Å². The van der Waals surface area contributed by atoms with Crippen LogP contribution in [0.1, 0.15) is 11.6 Å². The predicted octanol–water partition coefficient (Wildman–Crippen LogP) is 4.61. The van der Waals surface area contributed by atoms with E-state index >= 15 is 0 Å². The Morgan fingerprint density at radius 2 is 1.81 bits per heavy atom. The molecule has 37 heavy (non-hydrogen) atoms. The molecule has 4 heterocycles. The summed E-state index contributed by atoms with van der Waals surface area (Å²) in [6, 6.07) is 19.4. The molecule has 0 radical (unpaired) electrons. The molecule has 1 aliphatic heterocycles. The topological polar surface area (TPSA) is 88.0 Å². The third kappa shape index (κ3) is 5.34. The maximum Gasteiger partial charge on any atom is 0.255 e. The van der Waals surface area contributed by atoms with Gasteiger partial charge in [0.15, 0.2) is 11.2 Å². The first kappa shape index (κ1) is 24.9. The van der Waals surface area contributed by atoms with Crippen molar-refractivity contribution in [3.63, 3.8) is 0 Å². The number of nitrogens with zero attached hydrogens (tertiary/aromatic N) is 5. The van der Waals surface area contributed by atoms with E-state index in [0.29, 0.717) is 5.13 Å². The van der Waals surface area contributed by atoms with Crippen molar-refractivity contribution in [2.24, 2.45) is 0 Å². The minimum Gasteiger partial charge on any atom is -0.354 e. The zero-order valence-corrected chi connectivity index (χ0v) is 21.6. The van der Waals surface area contributed by atoms with Crippen molar-refractivity contribution in [1.29, 1.82) is 0 Å². The highest BCUT2D eigenvalue weighted by Crippen LogP contribution is 2.28. The van der Waals surface area contributed by atoms with Crippen molar-refractivity contribution in [2.75, 3.05) is 36.4 Å². The average molecular weight is 532 g/mol. The molecule has 5 aromatic rings. The lowest BCUT2D eigenvalue weighted by Crippen LogP contribution is -2.43. The molecule has 0 spiro atoms. The molecule has 1 saturated heterocycles. The maximum atomic E-state index is 13.3. The number of fused-ring (bicyclic) bond motifs is 1. The second kappa shape index (κ2) is 11.1. The lowest BCUT2D eigenvalue weighted by Gasteiger charge is -2.28. The second-order valence-electron chi connectivity index (χ2n) is 8.66. The van der Waals surface area contributed by atoms with Crippen LogP contribution >= 0.6 is 23.7 Å². The van der Waals surface area contributed by atoms with Crippen LogP contribution in [0.3, 0.4) is 0 Å². The number of carbonyl (C=O) groups is 1. The van der Waals surface area contributed by atoms with Crippen molar-refractivity contribution >= 4 is 51.5 Å². The smallest absolute Gasteiger partial charge is 0.255 e. The molecular weight excluding hydrogens is 506 g/mol. The van der Waals surface area contributed by atoms with E-state index in [9.17, 15) is 4.79 Å². The average Bonchev–Trinajstić information content (AvgIpc) is 3.59. The standard InChI is InChI=1S/C27H25N7OS.ClH/c35-26(31-27-29-12-15-36-27)25(19-4-2-1-3-5-19)34-18-22-7-6-20(16-23(22)32-34)21-8-9-24(30-17-21)33-13-10-28-11-14-33;/h1-9,12,15-18,25,28H,10-11,13-14H2,(H,29,31,35);1H. The van der Waals surface area contributed by atoms with Crippen LogP contribution < -0.4 is 15.5 Å². The van der Waals surface area contributed by atoms with E-state index in [4.69, 9.17) is 10.1 Å². The Labute approximate surface area is 224 Å². The SMILES string of the molecule is Cl.O=C(Nc1nccs1)C(c1ccccc1)n1cc2ccc(-c3ccc(N4CCNCC4)nc3)cc2n1. The van der Waals surface area contributed by atoms with Crippen molar-refractivity contribution in [2.45, 2.75) is 6.04 Å². The van der Waals surface area contributed by atoms with Crippen LogP contribution in [0.4, 0.5) is 10.9 Å². The third-order valence-electron chi connectivity index (χ3n) is 6.34. The Balaban J connectivity index is 0.00000280. The number of hydrogen-bond acceptors (Lipinski definition) is 7. The molecule has 1 aliphatic rings. The molecule has 1 atom stereocenters. The number of thiazole rings is 1. The number of halogens is 1. The quantitative estimate of drug-likeness (QED) is 0.332. The van der Waals surface area contributed by atoms with Gasteiger partial charge in [-0.05, 0) is 29.3 Å². The van der Waals surface area contributed by atoms with Gasteiger partial charge in [-0.3, -0.25) is 14.8 Å². The molecule has 0 aliphatic carbocycles. The fourth-order valence-electron chi connectivity index (χ4n) is 4.50. The molecule has 1 fully saturated rings. The van der Waals surface area contributed by atoms with Crippen LogP contribution in [0.25, 0.3) is 22.0 Å². The zero-order valence-electron chi connectivity index (χ0n) is 19.9. The summed E-state index contributed by atoms with van der Waals surface area (Å²) in [6.07, 6.45) is 5.51. The number of rotatable bonds is 6. The maximum absolute atomic E-state index is 13.3. The van der Waals surface area contributed by atoms with Gasteiger partial charge >= 0.3 is 0 Å². The van der Waals surface area contributed by atoms with Gasteiger partial charge in [-0.1, -0.05) is 42.5 Å². The van der Waals surface area contributed by atoms with Crippen LogP contribution in [-0.4, -0.2) is 51.8 Å². The van der Waals surface area contributed by atoms with Gasteiger partial charge in [0.2, 0.25) is 0 Å². The normalized spacial score (nSPS) is 14.2. The van der Waals surface area contributed by atoms with Gasteiger partial charge in [0.05, 0.1) is 5.52 Å². The summed E-state index contributed by atoms with van der Waals surface area (Å²) in [4.78, 5) is 24.5. The van der Waals surface area contributed by atoms with E-state index < -0.39 is 6.04 Å². The monoisotopic (exact) mass is 531 g/mol. The molecule has 0 bridgehead atoms. The summed E-state index contributed by atoms with van der Waals surface area (Å²) in [5, 5.41) is 14.5. The van der Waals surface area contributed by atoms with E-state index in [1.807, 2.05) is 60.2 Å². The first-order valence-electron chi connectivity index (χ1n) is 11.9. The Morgan fingerprint density at radius 1 is 1.00 bits per heavy atom. The van der Waals surface area contributed by atoms with Crippen molar-refractivity contribution in [3.8, 4) is 11.1 Å². The van der Waals surface area contributed by atoms with Gasteiger partial charge in [-0.25, -0.2) is 9.97 Å². The summed E-state index contributed by atoms with van der Waals surface area (Å²) < 4.78 is 1.73. The lowest BCUT2D eigenvalue weighted by molar-refractivity contribution is -0.118. The minimum absolute atomic E-state index is 0. The number of piperazine rings is 1. The Hall–Kier alpha value is -3.79. The summed E-state index contributed by atoms with van der Waals surface area (Å²) in [5.41, 5.74) is 3.75. The number of aromatic nitrogens is 4. The number of pyridine rings is 1. The molecule has 188 valence electrons. The number of anilines is 2.